The van der Waals surface area contributed by atoms with Crippen molar-refractivity contribution in [3.63, 3.8) is 0 Å². The van der Waals surface area contributed by atoms with Crippen molar-refractivity contribution in [3.8, 4) is 6.07 Å². The molecule has 17 heavy (non-hydrogen) atoms. The molecule has 2 fully saturated rings. The molecule has 0 bridgehead atoms. The van der Waals surface area contributed by atoms with Crippen LogP contribution < -0.4 is 0 Å². The fourth-order valence-corrected chi connectivity index (χ4v) is 3.31. The van der Waals surface area contributed by atoms with Gasteiger partial charge in [-0.15, -0.1) is 0 Å². The van der Waals surface area contributed by atoms with Crippen molar-refractivity contribution in [1.29, 1.82) is 5.26 Å². The van der Waals surface area contributed by atoms with E-state index in [9.17, 15) is 10.4 Å². The Morgan fingerprint density at radius 3 is 2.18 bits per heavy atom. The summed E-state index contributed by atoms with van der Waals surface area (Å²) in [4.78, 5) is 2.42. The van der Waals surface area contributed by atoms with Crippen LogP contribution >= 0.6 is 0 Å². The van der Waals surface area contributed by atoms with Crippen LogP contribution in [-0.2, 0) is 0 Å². The highest BCUT2D eigenvalue weighted by Gasteiger charge is 2.55. The molecule has 2 aliphatic rings. The van der Waals surface area contributed by atoms with Gasteiger partial charge in [-0.2, -0.15) is 5.26 Å². The lowest BCUT2D eigenvalue weighted by Gasteiger charge is -2.52. The van der Waals surface area contributed by atoms with Crippen LogP contribution in [0.1, 0.15) is 46.0 Å². The number of aliphatic hydroxyl groups is 1. The summed E-state index contributed by atoms with van der Waals surface area (Å²) in [5.74, 6) is 0.676. The Morgan fingerprint density at radius 1 is 1.24 bits per heavy atom. The van der Waals surface area contributed by atoms with Gasteiger partial charge in [-0.1, -0.05) is 20.3 Å². The van der Waals surface area contributed by atoms with Gasteiger partial charge in [-0.3, -0.25) is 0 Å². The van der Waals surface area contributed by atoms with Gasteiger partial charge in [0.05, 0.1) is 17.1 Å². The van der Waals surface area contributed by atoms with Gasteiger partial charge < -0.3 is 10.0 Å². The zero-order chi connectivity index (χ0) is 12.5. The highest BCUT2D eigenvalue weighted by Crippen LogP contribution is 2.52. The molecule has 0 radical (unpaired) electrons. The molecule has 1 aliphatic carbocycles. The molecule has 2 rings (SSSR count). The predicted octanol–water partition coefficient (Wildman–Crippen LogP) is 2.16. The van der Waals surface area contributed by atoms with Gasteiger partial charge >= 0.3 is 0 Å². The van der Waals surface area contributed by atoms with E-state index in [-0.39, 0.29) is 0 Å². The highest BCUT2D eigenvalue weighted by molar-refractivity contribution is 5.16. The molecule has 0 atom stereocenters. The van der Waals surface area contributed by atoms with Gasteiger partial charge in [0.2, 0.25) is 0 Å². The summed E-state index contributed by atoms with van der Waals surface area (Å²) < 4.78 is 0. The maximum Gasteiger partial charge on any atom is 0.0861 e. The van der Waals surface area contributed by atoms with Crippen molar-refractivity contribution in [1.82, 2.24) is 4.90 Å². The lowest BCUT2D eigenvalue weighted by Crippen LogP contribution is -2.57. The second kappa shape index (κ2) is 4.59. The van der Waals surface area contributed by atoms with Gasteiger partial charge in [-0.05, 0) is 31.6 Å². The van der Waals surface area contributed by atoms with Gasteiger partial charge in [0, 0.05) is 19.6 Å². The van der Waals surface area contributed by atoms with E-state index in [4.69, 9.17) is 0 Å². The second-order valence-corrected chi connectivity index (χ2v) is 6.27. The van der Waals surface area contributed by atoms with E-state index in [1.807, 2.05) is 0 Å². The number of hydrogen-bond donors (Lipinski definition) is 1. The van der Waals surface area contributed by atoms with Crippen LogP contribution in [0.25, 0.3) is 0 Å². The third-order valence-corrected chi connectivity index (χ3v) is 4.62. The second-order valence-electron chi connectivity index (χ2n) is 6.27. The van der Waals surface area contributed by atoms with Gasteiger partial charge in [0.15, 0.2) is 0 Å². The van der Waals surface area contributed by atoms with Crippen LogP contribution in [0, 0.1) is 22.7 Å². The monoisotopic (exact) mass is 236 g/mol. The van der Waals surface area contributed by atoms with Crippen molar-refractivity contribution in [2.45, 2.75) is 51.6 Å². The Labute approximate surface area is 104 Å². The molecule has 0 aromatic carbocycles. The van der Waals surface area contributed by atoms with E-state index in [1.165, 1.54) is 0 Å². The summed E-state index contributed by atoms with van der Waals surface area (Å²) in [5, 5.41) is 20.1. The quantitative estimate of drug-likeness (QED) is 0.817. The van der Waals surface area contributed by atoms with Crippen LogP contribution in [0.15, 0.2) is 0 Å². The zero-order valence-corrected chi connectivity index (χ0v) is 11.1. The van der Waals surface area contributed by atoms with Crippen molar-refractivity contribution < 1.29 is 5.11 Å². The first-order valence-electron chi connectivity index (χ1n) is 6.87. The Balaban J connectivity index is 1.95. The molecule has 1 heterocycles. The van der Waals surface area contributed by atoms with Crippen LogP contribution in [0.3, 0.4) is 0 Å². The summed E-state index contributed by atoms with van der Waals surface area (Å²) >= 11 is 0. The Morgan fingerprint density at radius 2 is 1.82 bits per heavy atom. The molecule has 96 valence electrons. The predicted molar refractivity (Wildman–Crippen MR) is 67.4 cm³/mol. The molecule has 0 aromatic rings. The van der Waals surface area contributed by atoms with Crippen LogP contribution in [0.2, 0.25) is 0 Å². The van der Waals surface area contributed by atoms with E-state index in [1.54, 1.807) is 0 Å². The number of piperidine rings is 1. The molecule has 1 saturated heterocycles. The SMILES string of the molecule is CC(C)CN1CCC(O)(C2(C#N)CCC2)CC1. The molecule has 0 unspecified atom stereocenters. The third kappa shape index (κ3) is 2.21. The Kier molecular flexibility index (Phi) is 3.47. The lowest BCUT2D eigenvalue weighted by atomic mass is 9.57. The first-order chi connectivity index (χ1) is 8.01. The number of nitrogens with zero attached hydrogens (tertiary/aromatic N) is 2. The highest BCUT2D eigenvalue weighted by atomic mass is 16.3. The number of rotatable bonds is 3. The maximum atomic E-state index is 10.7. The summed E-state index contributed by atoms with van der Waals surface area (Å²) in [6, 6.07) is 2.41. The standard InChI is InChI=1S/C14H24N2O/c1-12(2)10-16-8-6-14(17,7-9-16)13(11-15)4-3-5-13/h12,17H,3-10H2,1-2H3. The smallest absolute Gasteiger partial charge is 0.0861 e. The number of nitriles is 1. The summed E-state index contributed by atoms with van der Waals surface area (Å²) in [5.41, 5.74) is -1.13. The lowest BCUT2D eigenvalue weighted by molar-refractivity contribution is -0.128. The van der Waals surface area contributed by atoms with Gasteiger partial charge in [0.1, 0.15) is 0 Å². The molecular formula is C14H24N2O. The third-order valence-electron chi connectivity index (χ3n) is 4.62. The van der Waals surface area contributed by atoms with Crippen molar-refractivity contribution in [3.05, 3.63) is 0 Å². The van der Waals surface area contributed by atoms with Crippen molar-refractivity contribution in [2.24, 2.45) is 11.3 Å². The van der Waals surface area contributed by atoms with E-state index in [0.29, 0.717) is 5.92 Å². The minimum atomic E-state index is -0.715. The van der Waals surface area contributed by atoms with Crippen molar-refractivity contribution in [2.75, 3.05) is 19.6 Å². The minimum absolute atomic E-state index is 0.420. The van der Waals surface area contributed by atoms with Crippen LogP contribution in [0.4, 0.5) is 0 Å². The molecule has 1 N–H and O–H groups in total. The Bertz CT molecular complexity index is 307. The fraction of sp³-hybridized carbons (Fsp3) is 0.929. The molecule has 1 aliphatic heterocycles. The number of hydrogen-bond acceptors (Lipinski definition) is 3. The van der Waals surface area contributed by atoms with Crippen LogP contribution in [0.5, 0.6) is 0 Å². The Hall–Kier alpha value is -0.590. The molecule has 3 heteroatoms. The van der Waals surface area contributed by atoms with Crippen LogP contribution in [-0.4, -0.2) is 35.2 Å². The zero-order valence-electron chi connectivity index (χ0n) is 11.1. The van der Waals surface area contributed by atoms with E-state index >= 15 is 0 Å². The average Bonchev–Trinajstić information content (AvgIpc) is 2.20. The van der Waals surface area contributed by atoms with E-state index in [0.717, 1.165) is 51.7 Å². The molecule has 3 nitrogen and oxygen atoms in total. The van der Waals surface area contributed by atoms with Gasteiger partial charge in [-0.25, -0.2) is 0 Å². The van der Waals surface area contributed by atoms with Gasteiger partial charge in [0.25, 0.3) is 0 Å². The van der Waals surface area contributed by atoms with E-state index < -0.39 is 11.0 Å². The maximum absolute atomic E-state index is 10.7. The molecule has 0 amide bonds. The average molecular weight is 236 g/mol. The normalized spacial score (nSPS) is 27.5. The first kappa shape index (κ1) is 12.9. The number of likely N-dealkylation sites (tertiary alicyclic amines) is 1. The van der Waals surface area contributed by atoms with Crippen molar-refractivity contribution >= 4 is 0 Å². The topological polar surface area (TPSA) is 47.3 Å². The summed E-state index contributed by atoms with van der Waals surface area (Å²) in [7, 11) is 0. The largest absolute Gasteiger partial charge is 0.388 e. The van der Waals surface area contributed by atoms with E-state index in [2.05, 4.69) is 24.8 Å². The molecule has 0 spiro atoms. The summed E-state index contributed by atoms with van der Waals surface area (Å²) in [6.07, 6.45) is 4.43. The minimum Gasteiger partial charge on any atom is -0.388 e. The molecule has 0 aromatic heterocycles. The first-order valence-corrected chi connectivity index (χ1v) is 6.87. The summed E-state index contributed by atoms with van der Waals surface area (Å²) in [6.45, 7) is 7.44. The fourth-order valence-electron chi connectivity index (χ4n) is 3.31. The molecular weight excluding hydrogens is 212 g/mol. The molecule has 1 saturated carbocycles.